The minimum Gasteiger partial charge on any atom is -0.481 e. The first kappa shape index (κ1) is 37.8. The number of benzene rings is 1. The molecule has 0 fully saturated rings. The van der Waals surface area contributed by atoms with Gasteiger partial charge < -0.3 is 53.8 Å². The number of nitrogens with zero attached hydrogens (tertiary/aromatic N) is 1. The van der Waals surface area contributed by atoms with E-state index in [9.17, 15) is 43.8 Å². The maximum Gasteiger partial charge on any atom is 0.326 e. The number of guanidine groups is 1. The van der Waals surface area contributed by atoms with Crippen LogP contribution in [0.5, 0.6) is 0 Å². The van der Waals surface area contributed by atoms with Crippen molar-refractivity contribution in [1.82, 2.24) is 21.3 Å². The van der Waals surface area contributed by atoms with Gasteiger partial charge in [0.25, 0.3) is 0 Å². The van der Waals surface area contributed by atoms with Crippen molar-refractivity contribution >= 4 is 47.5 Å². The number of carbonyl (C=O) groups excluding carboxylic acids is 4. The Labute approximate surface area is 258 Å². The van der Waals surface area contributed by atoms with E-state index in [1.807, 2.05) is 0 Å². The number of amides is 4. The van der Waals surface area contributed by atoms with E-state index in [0.29, 0.717) is 5.56 Å². The molecule has 18 heteroatoms. The molecule has 1 aromatic rings. The molecule has 1 aromatic carbocycles. The highest BCUT2D eigenvalue weighted by molar-refractivity contribution is 5.96. The second kappa shape index (κ2) is 19.1. The van der Waals surface area contributed by atoms with E-state index in [1.165, 1.54) is 6.92 Å². The lowest BCUT2D eigenvalue weighted by atomic mass is 10.0. The van der Waals surface area contributed by atoms with E-state index >= 15 is 0 Å². The zero-order valence-corrected chi connectivity index (χ0v) is 24.6. The van der Waals surface area contributed by atoms with Gasteiger partial charge in [-0.25, -0.2) is 4.79 Å². The van der Waals surface area contributed by atoms with Gasteiger partial charge in [0.1, 0.15) is 24.2 Å². The van der Waals surface area contributed by atoms with Crippen LogP contribution in [0.4, 0.5) is 0 Å². The quantitative estimate of drug-likeness (QED) is 0.0388. The predicted molar refractivity (Wildman–Crippen MR) is 158 cm³/mol. The molecule has 0 aliphatic carbocycles. The molecule has 0 saturated carbocycles. The molecular formula is C27H40N8O10. The van der Waals surface area contributed by atoms with Gasteiger partial charge in [0, 0.05) is 19.4 Å². The van der Waals surface area contributed by atoms with E-state index in [1.54, 1.807) is 30.3 Å². The van der Waals surface area contributed by atoms with Crippen molar-refractivity contribution in [2.24, 2.45) is 22.2 Å². The van der Waals surface area contributed by atoms with Crippen LogP contribution in [0.3, 0.4) is 0 Å². The number of carboxylic acids is 3. The van der Waals surface area contributed by atoms with E-state index in [-0.39, 0.29) is 44.6 Å². The van der Waals surface area contributed by atoms with Crippen molar-refractivity contribution in [3.63, 3.8) is 0 Å². The maximum atomic E-state index is 13.2. The minimum atomic E-state index is -1.71. The highest BCUT2D eigenvalue weighted by Crippen LogP contribution is 2.07. The first-order valence-electron chi connectivity index (χ1n) is 13.8. The summed E-state index contributed by atoms with van der Waals surface area (Å²) in [6.45, 7) is 1.34. The number of rotatable bonds is 20. The van der Waals surface area contributed by atoms with Crippen molar-refractivity contribution < 1.29 is 48.9 Å². The summed E-state index contributed by atoms with van der Waals surface area (Å²) < 4.78 is 0. The fraction of sp³-hybridized carbons (Fsp3) is 0.481. The Morgan fingerprint density at radius 3 is 1.89 bits per heavy atom. The summed E-state index contributed by atoms with van der Waals surface area (Å²) in [5, 5.41) is 36.9. The number of nitrogens with one attached hydrogen (secondary N) is 4. The van der Waals surface area contributed by atoms with Crippen molar-refractivity contribution in [1.29, 1.82) is 0 Å². The summed E-state index contributed by atoms with van der Waals surface area (Å²) in [6, 6.07) is 1.33. The number of carbonyl (C=O) groups is 7. The summed E-state index contributed by atoms with van der Waals surface area (Å²) in [4.78, 5) is 89.2. The normalized spacial score (nSPS) is 13.9. The highest BCUT2D eigenvalue weighted by atomic mass is 16.4. The number of aliphatic carboxylic acids is 3. The second-order valence-corrected chi connectivity index (χ2v) is 10.0. The van der Waals surface area contributed by atoms with E-state index in [0.717, 1.165) is 0 Å². The second-order valence-electron chi connectivity index (χ2n) is 10.0. The summed E-state index contributed by atoms with van der Waals surface area (Å²) in [6.07, 6.45) is -1.46. The zero-order valence-electron chi connectivity index (χ0n) is 24.6. The van der Waals surface area contributed by atoms with Crippen LogP contribution in [0.1, 0.15) is 44.6 Å². The Balaban J connectivity index is 3.08. The molecule has 18 nitrogen and oxygen atoms in total. The zero-order chi connectivity index (χ0) is 34.1. The fourth-order valence-electron chi connectivity index (χ4n) is 3.84. The third-order valence-electron chi connectivity index (χ3n) is 6.25. The average molecular weight is 637 g/mol. The molecule has 248 valence electrons. The van der Waals surface area contributed by atoms with Crippen LogP contribution in [0.25, 0.3) is 0 Å². The van der Waals surface area contributed by atoms with E-state index in [4.69, 9.17) is 22.3 Å². The lowest BCUT2D eigenvalue weighted by molar-refractivity contribution is -0.143. The number of aliphatic imine (C=N–C) groups is 1. The SMILES string of the molecule is C[C@H](NC(=O)[C@@H](N)CCC(=O)O)C(=O)N[C@@H](CC(=O)O)C(=O)N[C@@H](Cc1ccccc1)C(=O)N[C@@H](CCCN=C(N)N)C(=O)O. The molecule has 5 atom stereocenters. The largest absolute Gasteiger partial charge is 0.481 e. The third-order valence-corrected chi connectivity index (χ3v) is 6.25. The van der Waals surface area contributed by atoms with Crippen molar-refractivity contribution in [2.45, 2.75) is 75.7 Å². The molecule has 0 bridgehead atoms. The summed E-state index contributed by atoms with van der Waals surface area (Å²) in [7, 11) is 0. The van der Waals surface area contributed by atoms with Gasteiger partial charge in [-0.15, -0.1) is 0 Å². The number of carboxylic acid groups (broad SMARTS) is 3. The molecule has 1 rings (SSSR count). The molecular weight excluding hydrogens is 596 g/mol. The molecule has 0 radical (unpaired) electrons. The van der Waals surface area contributed by atoms with Gasteiger partial charge in [-0.05, 0) is 31.7 Å². The molecule has 0 heterocycles. The van der Waals surface area contributed by atoms with Crippen LogP contribution in [0.2, 0.25) is 0 Å². The fourth-order valence-corrected chi connectivity index (χ4v) is 3.84. The van der Waals surface area contributed by atoms with Crippen LogP contribution in [0, 0.1) is 0 Å². The Kier molecular flexibility index (Phi) is 16.0. The monoisotopic (exact) mass is 636 g/mol. The van der Waals surface area contributed by atoms with Crippen LogP contribution in [0.15, 0.2) is 35.3 Å². The van der Waals surface area contributed by atoms with Gasteiger partial charge in [0.15, 0.2) is 5.96 Å². The number of hydrogen-bond acceptors (Lipinski definition) is 9. The Morgan fingerprint density at radius 1 is 0.756 bits per heavy atom. The Bertz CT molecular complexity index is 1240. The first-order valence-corrected chi connectivity index (χ1v) is 13.8. The van der Waals surface area contributed by atoms with E-state index in [2.05, 4.69) is 26.3 Å². The van der Waals surface area contributed by atoms with Gasteiger partial charge in [-0.1, -0.05) is 30.3 Å². The molecule has 0 unspecified atom stereocenters. The average Bonchev–Trinajstić information content (AvgIpc) is 2.96. The van der Waals surface area contributed by atoms with Gasteiger partial charge >= 0.3 is 17.9 Å². The van der Waals surface area contributed by atoms with E-state index < -0.39 is 78.2 Å². The van der Waals surface area contributed by atoms with Crippen molar-refractivity contribution in [2.75, 3.05) is 6.54 Å². The molecule has 0 aromatic heterocycles. The van der Waals surface area contributed by atoms with Gasteiger partial charge in [0.05, 0.1) is 12.5 Å². The van der Waals surface area contributed by atoms with Crippen LogP contribution < -0.4 is 38.5 Å². The smallest absolute Gasteiger partial charge is 0.326 e. The molecule has 45 heavy (non-hydrogen) atoms. The molecule has 0 aliphatic rings. The standard InChI is InChI=1S/C27H40N8O10/c1-14(32-23(41)16(28)9-10-20(36)37)22(40)34-19(13-21(38)39)25(43)35-18(12-15-6-3-2-4-7-15)24(42)33-17(26(44)45)8-5-11-31-27(29)30/h2-4,6-7,14,16-19H,5,8-13,28H2,1H3,(H,32,41)(H,33,42)(H,34,40)(H,35,43)(H,36,37)(H,38,39)(H,44,45)(H4,29,30,31)/t14-,16-,17-,18-,19-/m0/s1. The predicted octanol–water partition coefficient (Wildman–Crippen LogP) is -3.01. The maximum absolute atomic E-state index is 13.2. The minimum absolute atomic E-state index is 0.0505. The number of hydrogen-bond donors (Lipinski definition) is 10. The van der Waals surface area contributed by atoms with Gasteiger partial charge in [0.2, 0.25) is 23.6 Å². The molecule has 0 aliphatic heterocycles. The van der Waals surface area contributed by atoms with Gasteiger partial charge in [-0.2, -0.15) is 0 Å². The van der Waals surface area contributed by atoms with Gasteiger partial charge in [-0.3, -0.25) is 33.8 Å². The lowest BCUT2D eigenvalue weighted by Crippen LogP contribution is -2.58. The lowest BCUT2D eigenvalue weighted by Gasteiger charge is -2.25. The molecule has 0 spiro atoms. The molecule has 13 N–H and O–H groups in total. The summed E-state index contributed by atoms with van der Waals surface area (Å²) in [5.74, 6) is -7.96. The summed E-state index contributed by atoms with van der Waals surface area (Å²) >= 11 is 0. The topological polar surface area (TPSA) is 319 Å². The molecule has 4 amide bonds. The first-order chi connectivity index (χ1) is 21.1. The molecule has 0 saturated heterocycles. The van der Waals surface area contributed by atoms with Crippen LogP contribution in [-0.4, -0.2) is 99.6 Å². The van der Waals surface area contributed by atoms with Crippen molar-refractivity contribution in [3.05, 3.63) is 35.9 Å². The van der Waals surface area contributed by atoms with Crippen molar-refractivity contribution in [3.8, 4) is 0 Å². The highest BCUT2D eigenvalue weighted by Gasteiger charge is 2.32. The summed E-state index contributed by atoms with van der Waals surface area (Å²) in [5.41, 5.74) is 16.7. The van der Waals surface area contributed by atoms with Crippen LogP contribution in [-0.2, 0) is 40.0 Å². The Hall–Kier alpha value is -5.26. The number of nitrogens with two attached hydrogens (primary N) is 3. The Morgan fingerprint density at radius 2 is 1.33 bits per heavy atom. The third kappa shape index (κ3) is 15.2. The van der Waals surface area contributed by atoms with Crippen LogP contribution >= 0.6 is 0 Å².